The van der Waals surface area contributed by atoms with Crippen molar-refractivity contribution in [2.75, 3.05) is 26.2 Å². The molecule has 3 aliphatic carbocycles. The van der Waals surface area contributed by atoms with Gasteiger partial charge in [0.25, 0.3) is 0 Å². The molecule has 4 N–H and O–H groups in total. The van der Waals surface area contributed by atoms with Gasteiger partial charge in [-0.1, -0.05) is 68.0 Å². The molecule has 224 valence electrons. The van der Waals surface area contributed by atoms with Crippen molar-refractivity contribution < 1.29 is 25.2 Å². The van der Waals surface area contributed by atoms with Gasteiger partial charge in [-0.15, -0.1) is 0 Å². The molecule has 0 heterocycles. The number of allylic oxidation sites excluding steroid dienone is 2. The van der Waals surface area contributed by atoms with E-state index in [4.69, 9.17) is 0 Å². The standard InChI is InChI=1S/C35H49NO5/c1-4-19-36(22-29(39)23-37)24-35(41)18-16-32-30-15-13-26(21-31(30)33(40)27-10-6-5-7-11-27)20-28(38)14-12-25(2)9-8-17-34(32,35)3/h5-7,9-11,13,15,21,28-29,32,37-39,41H,4,8,12,14,16-20,22-24H2,1-3H3/t28-,29-,32-,34-,35+/m0/s1. The fourth-order valence-electron chi connectivity index (χ4n) is 7.22. The van der Waals surface area contributed by atoms with Crippen LogP contribution in [0.2, 0.25) is 0 Å². The molecule has 2 bridgehead atoms. The van der Waals surface area contributed by atoms with Crippen LogP contribution in [0.25, 0.3) is 0 Å². The van der Waals surface area contributed by atoms with Crippen molar-refractivity contribution in [2.45, 2.75) is 95.9 Å². The van der Waals surface area contributed by atoms with Gasteiger partial charge in [0.2, 0.25) is 0 Å². The van der Waals surface area contributed by atoms with E-state index < -0.39 is 23.2 Å². The quantitative estimate of drug-likeness (QED) is 0.253. The maximum absolute atomic E-state index is 14.0. The number of aliphatic hydroxyl groups excluding tert-OH is 3. The Morgan fingerprint density at radius 2 is 1.88 bits per heavy atom. The van der Waals surface area contributed by atoms with E-state index in [2.05, 4.69) is 37.8 Å². The van der Waals surface area contributed by atoms with Crippen LogP contribution in [0.4, 0.5) is 0 Å². The predicted molar refractivity (Wildman–Crippen MR) is 163 cm³/mol. The molecular weight excluding hydrogens is 514 g/mol. The van der Waals surface area contributed by atoms with E-state index in [1.54, 1.807) is 0 Å². The highest BCUT2D eigenvalue weighted by atomic mass is 16.3. The van der Waals surface area contributed by atoms with Gasteiger partial charge in [0.05, 0.1) is 24.4 Å². The molecule has 1 fully saturated rings. The van der Waals surface area contributed by atoms with Crippen molar-refractivity contribution in [3.8, 4) is 0 Å². The topological polar surface area (TPSA) is 101 Å². The second-order valence-corrected chi connectivity index (χ2v) is 12.7. The Hall–Kier alpha value is -2.35. The fraction of sp³-hybridized carbons (Fsp3) is 0.571. The van der Waals surface area contributed by atoms with Gasteiger partial charge in [-0.3, -0.25) is 9.69 Å². The number of fused-ring (bicyclic) bond motifs is 8. The summed E-state index contributed by atoms with van der Waals surface area (Å²) in [5.41, 5.74) is 2.88. The summed E-state index contributed by atoms with van der Waals surface area (Å²) in [4.78, 5) is 16.1. The Bertz CT molecular complexity index is 1200. The van der Waals surface area contributed by atoms with E-state index in [-0.39, 0.29) is 18.3 Å². The molecular formula is C35H49NO5. The summed E-state index contributed by atoms with van der Waals surface area (Å²) in [5, 5.41) is 43.1. The lowest BCUT2D eigenvalue weighted by Gasteiger charge is -2.46. The SMILES string of the molecule is CCCN(C[C@H](O)CO)C[C@]1(O)CC[C@H]2c3ccc(cc3C(=O)c3ccccc3)C[C@@H](O)CCC(C)=CCC[C@@]21C. The molecule has 0 unspecified atom stereocenters. The normalized spacial score (nSPS) is 27.8. The lowest BCUT2D eigenvalue weighted by molar-refractivity contribution is -0.0891. The van der Waals surface area contributed by atoms with Gasteiger partial charge in [0.15, 0.2) is 5.78 Å². The molecule has 0 radical (unpaired) electrons. The van der Waals surface area contributed by atoms with Crippen LogP contribution < -0.4 is 0 Å². The smallest absolute Gasteiger partial charge is 0.193 e. The summed E-state index contributed by atoms with van der Waals surface area (Å²) in [6.07, 6.45) is 6.62. The summed E-state index contributed by atoms with van der Waals surface area (Å²) in [6, 6.07) is 15.4. The van der Waals surface area contributed by atoms with Crippen molar-refractivity contribution >= 4 is 5.78 Å². The molecule has 5 atom stereocenters. The van der Waals surface area contributed by atoms with Crippen LogP contribution in [0.15, 0.2) is 60.2 Å². The molecule has 0 spiro atoms. The molecule has 1 saturated carbocycles. The van der Waals surface area contributed by atoms with Crippen LogP contribution in [0.5, 0.6) is 0 Å². The summed E-state index contributed by atoms with van der Waals surface area (Å²) < 4.78 is 0. The van der Waals surface area contributed by atoms with Gasteiger partial charge in [-0.25, -0.2) is 0 Å². The number of hydrogen-bond donors (Lipinski definition) is 4. The number of nitrogens with zero attached hydrogens (tertiary/aromatic N) is 1. The van der Waals surface area contributed by atoms with E-state index in [1.807, 2.05) is 42.5 Å². The maximum atomic E-state index is 14.0. The van der Waals surface area contributed by atoms with Gasteiger partial charge in [0.1, 0.15) is 0 Å². The van der Waals surface area contributed by atoms with Crippen molar-refractivity contribution in [1.82, 2.24) is 4.90 Å². The molecule has 41 heavy (non-hydrogen) atoms. The zero-order valence-electron chi connectivity index (χ0n) is 25.1. The predicted octanol–water partition coefficient (Wildman–Crippen LogP) is 5.02. The van der Waals surface area contributed by atoms with Crippen molar-refractivity contribution in [2.24, 2.45) is 5.41 Å². The first kappa shape index (κ1) is 31.6. The van der Waals surface area contributed by atoms with Crippen molar-refractivity contribution in [3.63, 3.8) is 0 Å². The largest absolute Gasteiger partial charge is 0.394 e. The van der Waals surface area contributed by atoms with Crippen LogP contribution in [-0.4, -0.2) is 75.2 Å². The van der Waals surface area contributed by atoms with Crippen molar-refractivity contribution in [1.29, 1.82) is 0 Å². The van der Waals surface area contributed by atoms with Crippen molar-refractivity contribution in [3.05, 3.63) is 82.4 Å². The second kappa shape index (κ2) is 13.7. The molecule has 2 aromatic rings. The minimum Gasteiger partial charge on any atom is -0.394 e. The third-order valence-electron chi connectivity index (χ3n) is 9.66. The monoisotopic (exact) mass is 563 g/mol. The third kappa shape index (κ3) is 7.18. The fourth-order valence-corrected chi connectivity index (χ4v) is 7.22. The van der Waals surface area contributed by atoms with E-state index >= 15 is 0 Å². The second-order valence-electron chi connectivity index (χ2n) is 12.7. The van der Waals surface area contributed by atoms with Gasteiger partial charge in [-0.2, -0.15) is 0 Å². The molecule has 2 aromatic carbocycles. The minimum atomic E-state index is -1.04. The van der Waals surface area contributed by atoms with E-state index in [0.29, 0.717) is 50.0 Å². The highest BCUT2D eigenvalue weighted by Crippen LogP contribution is 2.58. The zero-order chi connectivity index (χ0) is 29.6. The Kier molecular flexibility index (Phi) is 10.6. The van der Waals surface area contributed by atoms with Gasteiger partial charge in [-0.05, 0) is 87.9 Å². The Morgan fingerprint density at radius 3 is 2.59 bits per heavy atom. The molecule has 0 aromatic heterocycles. The van der Waals surface area contributed by atoms with E-state index in [9.17, 15) is 25.2 Å². The van der Waals surface area contributed by atoms with E-state index in [0.717, 1.165) is 43.2 Å². The number of carbonyl (C=O) groups is 1. The lowest BCUT2D eigenvalue weighted by atomic mass is 9.64. The summed E-state index contributed by atoms with van der Waals surface area (Å²) >= 11 is 0. The summed E-state index contributed by atoms with van der Waals surface area (Å²) in [6.45, 7) is 7.49. The lowest BCUT2D eigenvalue weighted by Crippen LogP contribution is -2.54. The summed E-state index contributed by atoms with van der Waals surface area (Å²) in [7, 11) is 0. The number of carbonyl (C=O) groups excluding carboxylic acids is 1. The molecule has 3 aliphatic rings. The Morgan fingerprint density at radius 1 is 1.12 bits per heavy atom. The van der Waals surface area contributed by atoms with Gasteiger partial charge in [0, 0.05) is 29.6 Å². The van der Waals surface area contributed by atoms with Crippen LogP contribution in [0.1, 0.15) is 98.7 Å². The molecule has 0 amide bonds. The third-order valence-corrected chi connectivity index (χ3v) is 9.66. The highest BCUT2D eigenvalue weighted by molar-refractivity contribution is 6.10. The van der Waals surface area contributed by atoms with Crippen LogP contribution >= 0.6 is 0 Å². The number of benzene rings is 2. The van der Waals surface area contributed by atoms with Crippen LogP contribution in [0.3, 0.4) is 0 Å². The Balaban J connectivity index is 1.81. The van der Waals surface area contributed by atoms with Crippen LogP contribution in [-0.2, 0) is 6.42 Å². The number of rotatable bonds is 9. The first-order chi connectivity index (χ1) is 19.6. The van der Waals surface area contributed by atoms with Gasteiger partial charge < -0.3 is 20.4 Å². The number of ketones is 1. The van der Waals surface area contributed by atoms with Gasteiger partial charge >= 0.3 is 0 Å². The number of hydrogen-bond acceptors (Lipinski definition) is 6. The molecule has 0 saturated heterocycles. The highest BCUT2D eigenvalue weighted by Gasteiger charge is 2.57. The molecule has 0 aliphatic heterocycles. The minimum absolute atomic E-state index is 0.0313. The first-order valence-corrected chi connectivity index (χ1v) is 15.4. The Labute approximate surface area is 245 Å². The van der Waals surface area contributed by atoms with Crippen LogP contribution in [0, 0.1) is 5.41 Å². The summed E-state index contributed by atoms with van der Waals surface area (Å²) in [5.74, 6) is -0.0757. The zero-order valence-corrected chi connectivity index (χ0v) is 25.1. The molecule has 5 rings (SSSR count). The average Bonchev–Trinajstić information content (AvgIpc) is 3.21. The average molecular weight is 564 g/mol. The number of aliphatic hydroxyl groups is 4. The maximum Gasteiger partial charge on any atom is 0.193 e. The molecule has 6 nitrogen and oxygen atoms in total. The first-order valence-electron chi connectivity index (χ1n) is 15.4. The van der Waals surface area contributed by atoms with E-state index in [1.165, 1.54) is 5.57 Å². The molecule has 6 heteroatoms.